The van der Waals surface area contributed by atoms with Gasteiger partial charge in [-0.1, -0.05) is 6.08 Å². The second kappa shape index (κ2) is 5.74. The summed E-state index contributed by atoms with van der Waals surface area (Å²) in [6.45, 7) is 5.10. The van der Waals surface area contributed by atoms with E-state index in [0.29, 0.717) is 6.42 Å². The molecule has 2 atom stereocenters. The Kier molecular flexibility index (Phi) is 5.32. The van der Waals surface area contributed by atoms with Crippen LogP contribution in [0.2, 0.25) is 0 Å². The van der Waals surface area contributed by atoms with Gasteiger partial charge in [-0.25, -0.2) is 0 Å². The van der Waals surface area contributed by atoms with Gasteiger partial charge in [-0.2, -0.15) is 0 Å². The standard InChI is InChI=1S/C8H16N2O2/c1-3-4-7(9)8(12)10-6(2)5-11/h3,6-7,11H,1,4-5,9H2,2H3,(H,10,12)/t6-,7?/m1/s1. The first-order chi connectivity index (χ1) is 5.61. The Bertz CT molecular complexity index is 159. The van der Waals surface area contributed by atoms with E-state index in [0.717, 1.165) is 0 Å². The van der Waals surface area contributed by atoms with Gasteiger partial charge in [0.05, 0.1) is 12.6 Å². The molecule has 0 radical (unpaired) electrons. The Morgan fingerprint density at radius 3 is 2.83 bits per heavy atom. The zero-order chi connectivity index (χ0) is 9.56. The molecule has 0 rings (SSSR count). The molecule has 0 bridgehead atoms. The molecule has 0 aromatic rings. The predicted molar refractivity (Wildman–Crippen MR) is 47.5 cm³/mol. The molecule has 0 aromatic carbocycles. The number of carbonyl (C=O) groups excluding carboxylic acids is 1. The fourth-order valence-corrected chi connectivity index (χ4v) is 0.682. The molecule has 1 unspecified atom stereocenters. The molecule has 70 valence electrons. The number of aliphatic hydroxyl groups excluding tert-OH is 1. The SMILES string of the molecule is C=CCC(N)C(=O)N[C@H](C)CO. The van der Waals surface area contributed by atoms with Crippen LogP contribution < -0.4 is 11.1 Å². The Morgan fingerprint density at radius 2 is 2.42 bits per heavy atom. The van der Waals surface area contributed by atoms with Crippen molar-refractivity contribution >= 4 is 5.91 Å². The summed E-state index contributed by atoms with van der Waals surface area (Å²) in [6, 6.07) is -0.801. The van der Waals surface area contributed by atoms with Crippen molar-refractivity contribution in [3.63, 3.8) is 0 Å². The van der Waals surface area contributed by atoms with E-state index < -0.39 is 6.04 Å². The summed E-state index contributed by atoms with van der Waals surface area (Å²) in [4.78, 5) is 11.1. The lowest BCUT2D eigenvalue weighted by atomic mass is 10.2. The summed E-state index contributed by atoms with van der Waals surface area (Å²) in [6.07, 6.45) is 2.04. The molecule has 0 spiro atoms. The molecule has 0 saturated carbocycles. The lowest BCUT2D eigenvalue weighted by Crippen LogP contribution is -2.45. The molecule has 0 aliphatic rings. The third kappa shape index (κ3) is 4.10. The first-order valence-electron chi connectivity index (χ1n) is 3.89. The second-order valence-corrected chi connectivity index (χ2v) is 2.72. The quantitative estimate of drug-likeness (QED) is 0.484. The number of nitrogens with one attached hydrogen (secondary N) is 1. The van der Waals surface area contributed by atoms with Crippen LogP contribution in [0.5, 0.6) is 0 Å². The fourth-order valence-electron chi connectivity index (χ4n) is 0.682. The normalized spacial score (nSPS) is 14.9. The molecule has 1 amide bonds. The molecular formula is C8H16N2O2. The van der Waals surface area contributed by atoms with Crippen LogP contribution in [0.3, 0.4) is 0 Å². The van der Waals surface area contributed by atoms with Crippen molar-refractivity contribution in [3.05, 3.63) is 12.7 Å². The first kappa shape index (κ1) is 11.1. The van der Waals surface area contributed by atoms with Crippen molar-refractivity contribution in [2.24, 2.45) is 5.73 Å². The summed E-state index contributed by atoms with van der Waals surface area (Å²) in [5, 5.41) is 11.2. The number of carbonyl (C=O) groups is 1. The third-order valence-corrected chi connectivity index (χ3v) is 1.42. The van der Waals surface area contributed by atoms with Crippen molar-refractivity contribution in [2.75, 3.05) is 6.61 Å². The van der Waals surface area contributed by atoms with E-state index in [1.165, 1.54) is 0 Å². The van der Waals surface area contributed by atoms with Crippen LogP contribution in [0, 0.1) is 0 Å². The van der Waals surface area contributed by atoms with Crippen LogP contribution in [0.4, 0.5) is 0 Å². The van der Waals surface area contributed by atoms with Gasteiger partial charge in [0.15, 0.2) is 0 Å². The summed E-state index contributed by atoms with van der Waals surface area (Å²) in [5.74, 6) is -0.253. The minimum Gasteiger partial charge on any atom is -0.394 e. The Labute approximate surface area is 72.4 Å². The van der Waals surface area contributed by atoms with Crippen LogP contribution in [0.25, 0.3) is 0 Å². The van der Waals surface area contributed by atoms with E-state index in [2.05, 4.69) is 11.9 Å². The topological polar surface area (TPSA) is 75.4 Å². The van der Waals surface area contributed by atoms with Gasteiger partial charge < -0.3 is 16.2 Å². The lowest BCUT2D eigenvalue weighted by molar-refractivity contribution is -0.123. The molecule has 0 heterocycles. The van der Waals surface area contributed by atoms with Gasteiger partial charge in [-0.15, -0.1) is 6.58 Å². The molecule has 4 heteroatoms. The largest absolute Gasteiger partial charge is 0.394 e. The molecule has 0 aliphatic heterocycles. The van der Waals surface area contributed by atoms with Crippen molar-refractivity contribution in [3.8, 4) is 0 Å². The number of hydrogen-bond acceptors (Lipinski definition) is 3. The second-order valence-electron chi connectivity index (χ2n) is 2.72. The summed E-state index contributed by atoms with van der Waals surface area (Å²) < 4.78 is 0. The van der Waals surface area contributed by atoms with E-state index in [4.69, 9.17) is 10.8 Å². The molecular weight excluding hydrogens is 156 g/mol. The average Bonchev–Trinajstić information content (AvgIpc) is 2.04. The molecule has 0 saturated heterocycles. The molecule has 12 heavy (non-hydrogen) atoms. The maximum absolute atomic E-state index is 11.1. The van der Waals surface area contributed by atoms with Crippen LogP contribution >= 0.6 is 0 Å². The van der Waals surface area contributed by atoms with Gasteiger partial charge in [0.1, 0.15) is 0 Å². The van der Waals surface area contributed by atoms with Gasteiger partial charge in [0.25, 0.3) is 0 Å². The van der Waals surface area contributed by atoms with E-state index in [1.807, 2.05) is 0 Å². The first-order valence-corrected chi connectivity index (χ1v) is 3.89. The predicted octanol–water partition coefficient (Wildman–Crippen LogP) is -0.613. The smallest absolute Gasteiger partial charge is 0.237 e. The monoisotopic (exact) mass is 172 g/mol. The van der Waals surface area contributed by atoms with Crippen molar-refractivity contribution in [1.82, 2.24) is 5.32 Å². The molecule has 0 aromatic heterocycles. The Balaban J connectivity index is 3.77. The molecule has 4 N–H and O–H groups in total. The minimum atomic E-state index is -0.559. The van der Waals surface area contributed by atoms with Crippen molar-refractivity contribution in [2.45, 2.75) is 25.4 Å². The number of aliphatic hydroxyl groups is 1. The van der Waals surface area contributed by atoms with Crippen molar-refractivity contribution in [1.29, 1.82) is 0 Å². The minimum absolute atomic E-state index is 0.0768. The van der Waals surface area contributed by atoms with Gasteiger partial charge in [0.2, 0.25) is 5.91 Å². The maximum atomic E-state index is 11.1. The highest BCUT2D eigenvalue weighted by Gasteiger charge is 2.12. The maximum Gasteiger partial charge on any atom is 0.237 e. The average molecular weight is 172 g/mol. The van der Waals surface area contributed by atoms with Gasteiger partial charge in [-0.3, -0.25) is 4.79 Å². The van der Waals surface area contributed by atoms with Gasteiger partial charge in [-0.05, 0) is 13.3 Å². The van der Waals surface area contributed by atoms with Crippen LogP contribution in [0.1, 0.15) is 13.3 Å². The zero-order valence-electron chi connectivity index (χ0n) is 7.29. The molecule has 4 nitrogen and oxygen atoms in total. The molecule has 0 aliphatic carbocycles. The Morgan fingerprint density at radius 1 is 1.83 bits per heavy atom. The lowest BCUT2D eigenvalue weighted by Gasteiger charge is -2.14. The third-order valence-electron chi connectivity index (χ3n) is 1.42. The van der Waals surface area contributed by atoms with Gasteiger partial charge >= 0.3 is 0 Å². The van der Waals surface area contributed by atoms with Gasteiger partial charge in [0, 0.05) is 6.04 Å². The van der Waals surface area contributed by atoms with E-state index >= 15 is 0 Å². The summed E-state index contributed by atoms with van der Waals surface area (Å²) in [7, 11) is 0. The van der Waals surface area contributed by atoms with Crippen LogP contribution in [0.15, 0.2) is 12.7 Å². The summed E-state index contributed by atoms with van der Waals surface area (Å²) in [5.41, 5.74) is 5.47. The number of nitrogens with two attached hydrogens (primary N) is 1. The number of hydrogen-bond donors (Lipinski definition) is 3. The number of rotatable bonds is 5. The Hall–Kier alpha value is -0.870. The zero-order valence-corrected chi connectivity index (χ0v) is 7.29. The highest BCUT2D eigenvalue weighted by atomic mass is 16.3. The molecule has 0 fully saturated rings. The van der Waals surface area contributed by atoms with Crippen LogP contribution in [-0.4, -0.2) is 29.7 Å². The summed E-state index contributed by atoms with van der Waals surface area (Å²) >= 11 is 0. The van der Waals surface area contributed by atoms with Crippen LogP contribution in [-0.2, 0) is 4.79 Å². The number of amides is 1. The van der Waals surface area contributed by atoms with E-state index in [9.17, 15) is 4.79 Å². The van der Waals surface area contributed by atoms with E-state index in [1.54, 1.807) is 13.0 Å². The fraction of sp³-hybridized carbons (Fsp3) is 0.625. The highest BCUT2D eigenvalue weighted by molar-refractivity contribution is 5.81. The highest BCUT2D eigenvalue weighted by Crippen LogP contribution is 1.89. The van der Waals surface area contributed by atoms with E-state index in [-0.39, 0.29) is 18.6 Å². The van der Waals surface area contributed by atoms with Crippen molar-refractivity contribution < 1.29 is 9.90 Å².